The van der Waals surface area contributed by atoms with E-state index in [1.807, 2.05) is 25.1 Å². The molecule has 5 heteroatoms. The van der Waals surface area contributed by atoms with E-state index in [0.717, 1.165) is 12.1 Å². The Hall–Kier alpha value is -1.75. The summed E-state index contributed by atoms with van der Waals surface area (Å²) in [4.78, 5) is 11.5. The molecule has 0 heterocycles. The number of carbonyl (C=O) groups is 1. The van der Waals surface area contributed by atoms with Crippen LogP contribution >= 0.6 is 0 Å². The van der Waals surface area contributed by atoms with E-state index >= 15 is 0 Å². The lowest BCUT2D eigenvalue weighted by molar-refractivity contribution is -0.141. The van der Waals surface area contributed by atoms with Crippen molar-refractivity contribution in [2.24, 2.45) is 0 Å². The maximum atomic E-state index is 11.5. The standard InChI is InChI=1S/C14H21NO4/c1-5-15-11(9-13(16)18-3)10-7-6-8-12(17-2)14(10)19-4/h6-8,11,15H,5,9H2,1-4H3. The van der Waals surface area contributed by atoms with Gasteiger partial charge < -0.3 is 19.5 Å². The molecule has 19 heavy (non-hydrogen) atoms. The van der Waals surface area contributed by atoms with Crippen molar-refractivity contribution in [1.29, 1.82) is 0 Å². The Kier molecular flexibility index (Phi) is 6.15. The Bertz CT molecular complexity index is 420. The maximum absolute atomic E-state index is 11.5. The van der Waals surface area contributed by atoms with Crippen LogP contribution in [0.15, 0.2) is 18.2 Å². The molecule has 0 radical (unpaired) electrons. The molecule has 0 bridgehead atoms. The molecule has 0 fully saturated rings. The number of hydrogen-bond acceptors (Lipinski definition) is 5. The van der Waals surface area contributed by atoms with Crippen LogP contribution in [-0.4, -0.2) is 33.8 Å². The molecule has 0 aliphatic carbocycles. The first-order valence-corrected chi connectivity index (χ1v) is 6.19. The third-order valence-electron chi connectivity index (χ3n) is 2.86. The van der Waals surface area contributed by atoms with Crippen molar-refractivity contribution in [3.8, 4) is 11.5 Å². The fraction of sp³-hybridized carbons (Fsp3) is 0.500. The van der Waals surface area contributed by atoms with E-state index in [9.17, 15) is 4.79 Å². The van der Waals surface area contributed by atoms with E-state index in [2.05, 4.69) is 5.32 Å². The fourth-order valence-corrected chi connectivity index (χ4v) is 1.97. The van der Waals surface area contributed by atoms with Crippen LogP contribution in [0.3, 0.4) is 0 Å². The SMILES string of the molecule is CCNC(CC(=O)OC)c1cccc(OC)c1OC. The molecular formula is C14H21NO4. The largest absolute Gasteiger partial charge is 0.493 e. The van der Waals surface area contributed by atoms with Gasteiger partial charge >= 0.3 is 5.97 Å². The predicted octanol–water partition coefficient (Wildman–Crippen LogP) is 1.92. The first-order valence-electron chi connectivity index (χ1n) is 6.19. The minimum absolute atomic E-state index is 0.164. The second-order valence-electron chi connectivity index (χ2n) is 3.97. The highest BCUT2D eigenvalue weighted by atomic mass is 16.5. The van der Waals surface area contributed by atoms with E-state index in [0.29, 0.717) is 11.5 Å². The number of esters is 1. The van der Waals surface area contributed by atoms with E-state index in [-0.39, 0.29) is 18.4 Å². The van der Waals surface area contributed by atoms with Crippen molar-refractivity contribution >= 4 is 5.97 Å². The average Bonchev–Trinajstić information content (AvgIpc) is 2.45. The number of ether oxygens (including phenoxy) is 3. The lowest BCUT2D eigenvalue weighted by Crippen LogP contribution is -2.24. The van der Waals surface area contributed by atoms with Gasteiger partial charge in [0.1, 0.15) is 0 Å². The molecule has 0 aliphatic heterocycles. The summed E-state index contributed by atoms with van der Waals surface area (Å²) in [5.74, 6) is 1.02. The molecule has 0 amide bonds. The fourth-order valence-electron chi connectivity index (χ4n) is 1.97. The van der Waals surface area contributed by atoms with Crippen LogP contribution in [0.5, 0.6) is 11.5 Å². The first-order chi connectivity index (χ1) is 9.17. The summed E-state index contributed by atoms with van der Waals surface area (Å²) in [5, 5.41) is 3.25. The van der Waals surface area contributed by atoms with E-state index in [4.69, 9.17) is 14.2 Å². The van der Waals surface area contributed by atoms with Crippen molar-refractivity contribution < 1.29 is 19.0 Å². The summed E-state index contributed by atoms with van der Waals surface area (Å²) in [6.07, 6.45) is 0.244. The van der Waals surface area contributed by atoms with Gasteiger partial charge in [0.15, 0.2) is 11.5 Å². The zero-order valence-corrected chi connectivity index (χ0v) is 11.9. The predicted molar refractivity (Wildman–Crippen MR) is 72.6 cm³/mol. The molecular weight excluding hydrogens is 246 g/mol. The van der Waals surface area contributed by atoms with Crippen LogP contribution in [0.4, 0.5) is 0 Å². The second-order valence-corrected chi connectivity index (χ2v) is 3.97. The molecule has 0 aliphatic rings. The molecule has 5 nitrogen and oxygen atoms in total. The monoisotopic (exact) mass is 267 g/mol. The van der Waals surface area contributed by atoms with Crippen LogP contribution < -0.4 is 14.8 Å². The third-order valence-corrected chi connectivity index (χ3v) is 2.86. The normalized spacial score (nSPS) is 11.8. The Balaban J connectivity index is 3.10. The smallest absolute Gasteiger partial charge is 0.307 e. The van der Waals surface area contributed by atoms with E-state index < -0.39 is 0 Å². The molecule has 0 spiro atoms. The number of methoxy groups -OCH3 is 3. The summed E-state index contributed by atoms with van der Waals surface area (Å²) < 4.78 is 15.4. The number of hydrogen-bond donors (Lipinski definition) is 1. The Morgan fingerprint density at radius 2 is 2.00 bits per heavy atom. The number of benzene rings is 1. The molecule has 1 aromatic rings. The number of nitrogens with one attached hydrogen (secondary N) is 1. The highest BCUT2D eigenvalue weighted by Gasteiger charge is 2.21. The Morgan fingerprint density at radius 1 is 1.26 bits per heavy atom. The van der Waals surface area contributed by atoms with Gasteiger partial charge in [0.2, 0.25) is 0 Å². The second kappa shape index (κ2) is 7.63. The highest BCUT2D eigenvalue weighted by molar-refractivity contribution is 5.70. The molecule has 1 N–H and O–H groups in total. The van der Waals surface area contributed by atoms with Gasteiger partial charge in [-0.05, 0) is 12.6 Å². The van der Waals surface area contributed by atoms with Crippen molar-refractivity contribution in [3.63, 3.8) is 0 Å². The number of rotatable bonds is 7. The molecule has 1 unspecified atom stereocenters. The van der Waals surface area contributed by atoms with Gasteiger partial charge in [-0.3, -0.25) is 4.79 Å². The molecule has 1 aromatic carbocycles. The van der Waals surface area contributed by atoms with Crippen molar-refractivity contribution in [3.05, 3.63) is 23.8 Å². The summed E-state index contributed by atoms with van der Waals surface area (Å²) in [7, 11) is 4.56. The maximum Gasteiger partial charge on any atom is 0.307 e. The number of para-hydroxylation sites is 1. The molecule has 0 saturated heterocycles. The third kappa shape index (κ3) is 3.86. The summed E-state index contributed by atoms with van der Waals surface area (Å²) in [6.45, 7) is 2.72. The van der Waals surface area contributed by atoms with Gasteiger partial charge in [0.05, 0.1) is 27.8 Å². The first kappa shape index (κ1) is 15.3. The van der Waals surface area contributed by atoms with Gasteiger partial charge in [-0.15, -0.1) is 0 Å². The molecule has 106 valence electrons. The minimum atomic E-state index is -0.268. The van der Waals surface area contributed by atoms with Crippen LogP contribution in [0.2, 0.25) is 0 Å². The lowest BCUT2D eigenvalue weighted by atomic mass is 10.0. The van der Waals surface area contributed by atoms with E-state index in [1.165, 1.54) is 7.11 Å². The van der Waals surface area contributed by atoms with Crippen LogP contribution in [0.25, 0.3) is 0 Å². The van der Waals surface area contributed by atoms with Crippen molar-refractivity contribution in [1.82, 2.24) is 5.32 Å². The van der Waals surface area contributed by atoms with Gasteiger partial charge in [-0.25, -0.2) is 0 Å². The van der Waals surface area contributed by atoms with Crippen LogP contribution in [-0.2, 0) is 9.53 Å². The zero-order valence-electron chi connectivity index (χ0n) is 11.9. The Morgan fingerprint density at radius 3 is 2.53 bits per heavy atom. The molecule has 0 aromatic heterocycles. The topological polar surface area (TPSA) is 56.8 Å². The highest BCUT2D eigenvalue weighted by Crippen LogP contribution is 2.35. The number of carbonyl (C=O) groups excluding carboxylic acids is 1. The minimum Gasteiger partial charge on any atom is -0.493 e. The molecule has 1 atom stereocenters. The van der Waals surface area contributed by atoms with Crippen molar-refractivity contribution in [2.75, 3.05) is 27.9 Å². The van der Waals surface area contributed by atoms with E-state index in [1.54, 1.807) is 14.2 Å². The molecule has 0 saturated carbocycles. The van der Waals surface area contributed by atoms with Crippen molar-refractivity contribution in [2.45, 2.75) is 19.4 Å². The van der Waals surface area contributed by atoms with Gasteiger partial charge in [0, 0.05) is 11.6 Å². The summed E-state index contributed by atoms with van der Waals surface area (Å²) in [6, 6.07) is 5.45. The van der Waals surface area contributed by atoms with Crippen LogP contribution in [0.1, 0.15) is 24.9 Å². The summed E-state index contributed by atoms with van der Waals surface area (Å²) >= 11 is 0. The Labute approximate surface area is 113 Å². The quantitative estimate of drug-likeness (QED) is 0.765. The average molecular weight is 267 g/mol. The lowest BCUT2D eigenvalue weighted by Gasteiger charge is -2.21. The summed E-state index contributed by atoms with van der Waals surface area (Å²) in [5.41, 5.74) is 0.883. The van der Waals surface area contributed by atoms with Gasteiger partial charge in [-0.2, -0.15) is 0 Å². The van der Waals surface area contributed by atoms with Gasteiger partial charge in [-0.1, -0.05) is 19.1 Å². The molecule has 1 rings (SSSR count). The van der Waals surface area contributed by atoms with Gasteiger partial charge in [0.25, 0.3) is 0 Å². The zero-order chi connectivity index (χ0) is 14.3. The van der Waals surface area contributed by atoms with Crippen LogP contribution in [0, 0.1) is 0 Å².